The van der Waals surface area contributed by atoms with Crippen LogP contribution in [0.5, 0.6) is 0 Å². The van der Waals surface area contributed by atoms with Crippen molar-refractivity contribution in [1.29, 1.82) is 0 Å². The van der Waals surface area contributed by atoms with E-state index in [2.05, 4.69) is 27.7 Å². The third kappa shape index (κ3) is 3.40. The van der Waals surface area contributed by atoms with Gasteiger partial charge in [-0.15, -0.1) is 0 Å². The minimum Gasteiger partial charge on any atom is -0.480 e. The van der Waals surface area contributed by atoms with Gasteiger partial charge in [-0.2, -0.15) is 0 Å². The number of hydrogen-bond donors (Lipinski definition) is 1. The van der Waals surface area contributed by atoms with Gasteiger partial charge >= 0.3 is 5.97 Å². The second-order valence-electron chi connectivity index (χ2n) is 7.44. The van der Waals surface area contributed by atoms with Crippen molar-refractivity contribution in [3.63, 3.8) is 0 Å². The Bertz CT molecular complexity index is 502. The number of allylic oxidation sites excluding steroid dienone is 2. The van der Waals surface area contributed by atoms with Crippen LogP contribution in [0.4, 0.5) is 0 Å². The van der Waals surface area contributed by atoms with Crippen LogP contribution in [0.15, 0.2) is 24.4 Å². The number of amides is 1. The average Bonchev–Trinajstić information content (AvgIpc) is 2.57. The second kappa shape index (κ2) is 5.88. The minimum absolute atomic E-state index is 0.0259. The summed E-state index contributed by atoms with van der Waals surface area (Å²) in [5.74, 6) is -0.706. The maximum Gasteiger partial charge on any atom is 0.317 e. The summed E-state index contributed by atoms with van der Waals surface area (Å²) in [7, 11) is 0. The normalized spacial score (nSPS) is 25.3. The Morgan fingerprint density at radius 2 is 1.82 bits per heavy atom. The molecule has 0 unspecified atom stereocenters. The van der Waals surface area contributed by atoms with E-state index < -0.39 is 5.97 Å². The van der Waals surface area contributed by atoms with Gasteiger partial charge in [0.05, 0.1) is 6.54 Å². The predicted molar refractivity (Wildman–Crippen MR) is 85.3 cm³/mol. The van der Waals surface area contributed by atoms with Crippen molar-refractivity contribution in [3.8, 4) is 0 Å². The van der Waals surface area contributed by atoms with Gasteiger partial charge in [0.15, 0.2) is 0 Å². The fourth-order valence-electron chi connectivity index (χ4n) is 3.93. The van der Waals surface area contributed by atoms with E-state index >= 15 is 0 Å². The van der Waals surface area contributed by atoms with Crippen LogP contribution in [0.2, 0.25) is 0 Å². The van der Waals surface area contributed by atoms with Crippen LogP contribution >= 0.6 is 0 Å². The summed E-state index contributed by atoms with van der Waals surface area (Å²) in [5, 5.41) is 9.20. The van der Waals surface area contributed by atoms with Crippen molar-refractivity contribution < 1.29 is 14.7 Å². The largest absolute Gasteiger partial charge is 0.480 e. The molecule has 2 aliphatic heterocycles. The first-order chi connectivity index (χ1) is 10.1. The lowest BCUT2D eigenvalue weighted by Gasteiger charge is -2.56. The molecule has 0 radical (unpaired) electrons. The Hall–Kier alpha value is -1.62. The molecule has 2 aliphatic rings. The van der Waals surface area contributed by atoms with Crippen molar-refractivity contribution in [1.82, 2.24) is 9.80 Å². The Labute approximate surface area is 132 Å². The molecule has 0 bridgehead atoms. The molecule has 1 saturated heterocycles. The zero-order valence-corrected chi connectivity index (χ0v) is 13.9. The highest BCUT2D eigenvalue weighted by atomic mass is 16.4. The lowest BCUT2D eigenvalue weighted by Crippen LogP contribution is -2.65. The van der Waals surface area contributed by atoms with Crippen LogP contribution in [0, 0.1) is 0 Å². The van der Waals surface area contributed by atoms with E-state index in [9.17, 15) is 14.7 Å². The lowest BCUT2D eigenvalue weighted by atomic mass is 9.76. The standard InChI is InChI=1S/C17H26N2O3/c1-16(2)10-13(18-9-7-5-6-8-14(18)20)11-17(3,4)19(16)12-15(21)22/h5-7,9,13H,8,10-12H2,1-4H3,(H,21,22). The highest BCUT2D eigenvalue weighted by Gasteiger charge is 2.47. The Morgan fingerprint density at radius 1 is 1.23 bits per heavy atom. The summed E-state index contributed by atoms with van der Waals surface area (Å²) >= 11 is 0. The lowest BCUT2D eigenvalue weighted by molar-refractivity contribution is -0.148. The summed E-state index contributed by atoms with van der Waals surface area (Å²) < 4.78 is 0. The molecule has 0 aliphatic carbocycles. The van der Waals surface area contributed by atoms with Gasteiger partial charge in [-0.1, -0.05) is 12.2 Å². The van der Waals surface area contributed by atoms with Gasteiger partial charge in [-0.3, -0.25) is 14.5 Å². The fraction of sp³-hybridized carbons (Fsp3) is 0.647. The summed E-state index contributed by atoms with van der Waals surface area (Å²) in [6, 6.07) is 0.0960. The van der Waals surface area contributed by atoms with Crippen LogP contribution in [-0.2, 0) is 9.59 Å². The molecule has 2 rings (SSSR count). The number of carbonyl (C=O) groups excluding carboxylic acids is 1. The molecular formula is C17H26N2O3. The van der Waals surface area contributed by atoms with Crippen molar-refractivity contribution in [2.24, 2.45) is 0 Å². The molecule has 1 fully saturated rings. The highest BCUT2D eigenvalue weighted by molar-refractivity contribution is 5.79. The zero-order chi connectivity index (χ0) is 16.5. The van der Waals surface area contributed by atoms with E-state index in [1.165, 1.54) is 0 Å². The number of carbonyl (C=O) groups is 2. The first-order valence-corrected chi connectivity index (χ1v) is 7.77. The van der Waals surface area contributed by atoms with Gasteiger partial charge in [0, 0.05) is 29.7 Å². The van der Waals surface area contributed by atoms with Crippen LogP contribution in [0.1, 0.15) is 47.0 Å². The maximum absolute atomic E-state index is 12.3. The highest BCUT2D eigenvalue weighted by Crippen LogP contribution is 2.40. The van der Waals surface area contributed by atoms with Gasteiger partial charge in [-0.05, 0) is 46.6 Å². The molecule has 0 aromatic carbocycles. The molecule has 0 spiro atoms. The summed E-state index contributed by atoms with van der Waals surface area (Å²) in [6.45, 7) is 8.28. The number of aliphatic carboxylic acids is 1. The van der Waals surface area contributed by atoms with Gasteiger partial charge in [0.1, 0.15) is 0 Å². The molecule has 1 N–H and O–H groups in total. The minimum atomic E-state index is -0.811. The number of nitrogens with zero attached hydrogens (tertiary/aromatic N) is 2. The Morgan fingerprint density at radius 3 is 2.36 bits per heavy atom. The summed E-state index contributed by atoms with van der Waals surface area (Å²) in [6.07, 6.45) is 9.47. The van der Waals surface area contributed by atoms with Gasteiger partial charge in [0.25, 0.3) is 0 Å². The number of carboxylic acid groups (broad SMARTS) is 1. The predicted octanol–water partition coefficient (Wildman–Crippen LogP) is 2.39. The molecule has 0 atom stereocenters. The van der Waals surface area contributed by atoms with Gasteiger partial charge < -0.3 is 10.0 Å². The molecular weight excluding hydrogens is 280 g/mol. The van der Waals surface area contributed by atoms with E-state index in [4.69, 9.17) is 0 Å². The van der Waals surface area contributed by atoms with Gasteiger partial charge in [0.2, 0.25) is 5.91 Å². The maximum atomic E-state index is 12.3. The molecule has 5 heteroatoms. The van der Waals surface area contributed by atoms with Gasteiger partial charge in [-0.25, -0.2) is 0 Å². The van der Waals surface area contributed by atoms with E-state index in [0.29, 0.717) is 6.42 Å². The first-order valence-electron chi connectivity index (χ1n) is 7.77. The van der Waals surface area contributed by atoms with Crippen LogP contribution < -0.4 is 0 Å². The van der Waals surface area contributed by atoms with E-state index in [1.54, 1.807) is 0 Å². The molecule has 2 heterocycles. The molecule has 0 saturated carbocycles. The molecule has 122 valence electrons. The summed E-state index contributed by atoms with van der Waals surface area (Å²) in [4.78, 5) is 27.4. The second-order valence-corrected chi connectivity index (χ2v) is 7.44. The van der Waals surface area contributed by atoms with Crippen molar-refractivity contribution in [2.75, 3.05) is 6.54 Å². The molecule has 0 aromatic heterocycles. The first kappa shape index (κ1) is 16.7. The Balaban J connectivity index is 2.25. The monoisotopic (exact) mass is 306 g/mol. The number of likely N-dealkylation sites (tertiary alicyclic amines) is 1. The quantitative estimate of drug-likeness (QED) is 0.870. The molecule has 0 aromatic rings. The number of piperidine rings is 1. The zero-order valence-electron chi connectivity index (χ0n) is 13.9. The number of hydrogen-bond acceptors (Lipinski definition) is 3. The Kier molecular flexibility index (Phi) is 4.47. The molecule has 1 amide bonds. The van der Waals surface area contributed by atoms with Crippen molar-refractivity contribution in [3.05, 3.63) is 24.4 Å². The topological polar surface area (TPSA) is 60.9 Å². The van der Waals surface area contributed by atoms with Crippen LogP contribution in [-0.4, -0.2) is 50.4 Å². The van der Waals surface area contributed by atoms with Crippen LogP contribution in [0.3, 0.4) is 0 Å². The van der Waals surface area contributed by atoms with Crippen LogP contribution in [0.25, 0.3) is 0 Å². The van der Waals surface area contributed by atoms with Crippen molar-refractivity contribution in [2.45, 2.75) is 64.1 Å². The summed E-state index contributed by atoms with van der Waals surface area (Å²) in [5.41, 5.74) is -0.558. The number of carboxylic acids is 1. The smallest absolute Gasteiger partial charge is 0.317 e. The fourth-order valence-corrected chi connectivity index (χ4v) is 3.93. The SMILES string of the molecule is CC1(C)CC(N2C=CC=CCC2=O)CC(C)(C)N1CC(=O)O. The van der Waals surface area contributed by atoms with E-state index in [1.807, 2.05) is 34.2 Å². The van der Waals surface area contributed by atoms with E-state index in [-0.39, 0.29) is 29.6 Å². The van der Waals surface area contributed by atoms with E-state index in [0.717, 1.165) is 12.8 Å². The average molecular weight is 306 g/mol. The molecule has 22 heavy (non-hydrogen) atoms. The molecule has 5 nitrogen and oxygen atoms in total. The third-order valence-electron chi connectivity index (χ3n) is 4.69. The third-order valence-corrected chi connectivity index (χ3v) is 4.69. The number of rotatable bonds is 3. The van der Waals surface area contributed by atoms with Crippen molar-refractivity contribution >= 4 is 11.9 Å².